The van der Waals surface area contributed by atoms with Gasteiger partial charge in [-0.15, -0.1) is 0 Å². The van der Waals surface area contributed by atoms with Crippen molar-refractivity contribution >= 4 is 5.91 Å². The van der Waals surface area contributed by atoms with E-state index in [0.717, 1.165) is 36.5 Å². The van der Waals surface area contributed by atoms with E-state index >= 15 is 0 Å². The number of carbonyl (C=O) groups excluding carboxylic acids is 1. The van der Waals surface area contributed by atoms with Crippen LogP contribution in [0.2, 0.25) is 0 Å². The largest absolute Gasteiger partial charge is 0.329 e. The summed E-state index contributed by atoms with van der Waals surface area (Å²) in [5, 5.41) is 0. The molecular formula is C24H25N3O. The van der Waals surface area contributed by atoms with Gasteiger partial charge in [-0.25, -0.2) is 0 Å². The van der Waals surface area contributed by atoms with E-state index in [0.29, 0.717) is 5.56 Å². The minimum atomic E-state index is 0.0627. The van der Waals surface area contributed by atoms with Crippen LogP contribution in [0.15, 0.2) is 72.9 Å². The van der Waals surface area contributed by atoms with E-state index in [1.165, 1.54) is 5.56 Å². The fourth-order valence-electron chi connectivity index (χ4n) is 3.88. The number of likely N-dealkylation sites (N-methyl/N-ethyl adjacent to an activating group) is 1. The lowest BCUT2D eigenvalue weighted by Gasteiger charge is -2.40. The van der Waals surface area contributed by atoms with E-state index in [1.54, 1.807) is 6.20 Å². The molecule has 1 aliphatic heterocycles. The van der Waals surface area contributed by atoms with Gasteiger partial charge in [0.25, 0.3) is 5.91 Å². The Bertz CT molecular complexity index is 970. The molecule has 4 nitrogen and oxygen atoms in total. The van der Waals surface area contributed by atoms with Crippen molar-refractivity contribution < 1.29 is 4.79 Å². The summed E-state index contributed by atoms with van der Waals surface area (Å²) in [6, 6.07) is 22.2. The SMILES string of the molecule is Cc1cccnc1-c1cccc(C(=O)N2CCN(C)C[C@@H]2c2ccccc2)c1. The summed E-state index contributed by atoms with van der Waals surface area (Å²) in [6.07, 6.45) is 1.79. The molecule has 1 aliphatic rings. The molecule has 1 fully saturated rings. The van der Waals surface area contributed by atoms with Gasteiger partial charge in [-0.1, -0.05) is 48.5 Å². The van der Waals surface area contributed by atoms with Crippen LogP contribution >= 0.6 is 0 Å². The molecule has 1 aromatic heterocycles. The van der Waals surface area contributed by atoms with Crippen molar-refractivity contribution in [2.75, 3.05) is 26.7 Å². The van der Waals surface area contributed by atoms with Crippen LogP contribution < -0.4 is 0 Å². The first-order chi connectivity index (χ1) is 13.6. The van der Waals surface area contributed by atoms with E-state index in [1.807, 2.05) is 66.4 Å². The summed E-state index contributed by atoms with van der Waals surface area (Å²) in [5.41, 5.74) is 4.91. The molecule has 142 valence electrons. The minimum Gasteiger partial charge on any atom is -0.329 e. The van der Waals surface area contributed by atoms with Crippen molar-refractivity contribution in [2.45, 2.75) is 13.0 Å². The predicted molar refractivity (Wildman–Crippen MR) is 112 cm³/mol. The number of benzene rings is 2. The van der Waals surface area contributed by atoms with Gasteiger partial charge in [0.1, 0.15) is 0 Å². The molecule has 3 aromatic rings. The van der Waals surface area contributed by atoms with Crippen molar-refractivity contribution in [1.29, 1.82) is 0 Å². The smallest absolute Gasteiger partial charge is 0.254 e. The van der Waals surface area contributed by atoms with Crippen LogP contribution in [0.5, 0.6) is 0 Å². The topological polar surface area (TPSA) is 36.4 Å². The molecule has 1 atom stereocenters. The van der Waals surface area contributed by atoms with Gasteiger partial charge in [0.15, 0.2) is 0 Å². The second-order valence-electron chi connectivity index (χ2n) is 7.44. The van der Waals surface area contributed by atoms with E-state index < -0.39 is 0 Å². The van der Waals surface area contributed by atoms with Crippen molar-refractivity contribution in [1.82, 2.24) is 14.8 Å². The Hall–Kier alpha value is -2.98. The highest BCUT2D eigenvalue weighted by Crippen LogP contribution is 2.28. The summed E-state index contributed by atoms with van der Waals surface area (Å²) in [4.78, 5) is 22.2. The second-order valence-corrected chi connectivity index (χ2v) is 7.44. The monoisotopic (exact) mass is 371 g/mol. The third-order valence-corrected chi connectivity index (χ3v) is 5.42. The normalized spacial score (nSPS) is 17.5. The van der Waals surface area contributed by atoms with Crippen molar-refractivity contribution in [3.8, 4) is 11.3 Å². The van der Waals surface area contributed by atoms with Gasteiger partial charge < -0.3 is 9.80 Å². The van der Waals surface area contributed by atoms with E-state index in [2.05, 4.69) is 29.1 Å². The van der Waals surface area contributed by atoms with Gasteiger partial charge in [0.05, 0.1) is 11.7 Å². The Labute approximate surface area is 166 Å². The molecule has 0 unspecified atom stereocenters. The lowest BCUT2D eigenvalue weighted by molar-refractivity contribution is 0.0498. The summed E-state index contributed by atoms with van der Waals surface area (Å²) in [7, 11) is 2.11. The van der Waals surface area contributed by atoms with E-state index in [-0.39, 0.29) is 11.9 Å². The van der Waals surface area contributed by atoms with Crippen molar-refractivity contribution in [2.24, 2.45) is 0 Å². The molecule has 28 heavy (non-hydrogen) atoms. The average molecular weight is 371 g/mol. The van der Waals surface area contributed by atoms with Gasteiger partial charge in [0.2, 0.25) is 0 Å². The maximum Gasteiger partial charge on any atom is 0.254 e. The number of piperazine rings is 1. The first kappa shape index (κ1) is 18.4. The van der Waals surface area contributed by atoms with Gasteiger partial charge in [-0.3, -0.25) is 9.78 Å². The number of amides is 1. The number of rotatable bonds is 3. The maximum absolute atomic E-state index is 13.4. The molecule has 0 N–H and O–H groups in total. The van der Waals surface area contributed by atoms with Crippen molar-refractivity contribution in [3.63, 3.8) is 0 Å². The summed E-state index contributed by atoms with van der Waals surface area (Å²) >= 11 is 0. The summed E-state index contributed by atoms with van der Waals surface area (Å²) in [5.74, 6) is 0.0809. The van der Waals surface area contributed by atoms with Gasteiger partial charge in [-0.05, 0) is 43.3 Å². The third kappa shape index (κ3) is 3.69. The third-order valence-electron chi connectivity index (χ3n) is 5.42. The zero-order valence-corrected chi connectivity index (χ0v) is 16.4. The zero-order valence-electron chi connectivity index (χ0n) is 16.4. The van der Waals surface area contributed by atoms with Gasteiger partial charge in [0, 0.05) is 37.0 Å². The fraction of sp³-hybridized carbons (Fsp3) is 0.250. The van der Waals surface area contributed by atoms with Crippen LogP contribution in [-0.2, 0) is 0 Å². The highest BCUT2D eigenvalue weighted by Gasteiger charge is 2.30. The maximum atomic E-state index is 13.4. The molecule has 0 spiro atoms. The van der Waals surface area contributed by atoms with E-state index in [9.17, 15) is 4.79 Å². The Balaban J connectivity index is 1.66. The molecular weight excluding hydrogens is 346 g/mol. The molecule has 0 saturated carbocycles. The molecule has 2 heterocycles. The summed E-state index contributed by atoms with van der Waals surface area (Å²) < 4.78 is 0. The van der Waals surface area contributed by atoms with E-state index in [4.69, 9.17) is 0 Å². The lowest BCUT2D eigenvalue weighted by atomic mass is 9.99. The molecule has 4 rings (SSSR count). The fourth-order valence-corrected chi connectivity index (χ4v) is 3.88. The number of pyridine rings is 1. The first-order valence-corrected chi connectivity index (χ1v) is 9.70. The van der Waals surface area contributed by atoms with Crippen LogP contribution in [0.25, 0.3) is 11.3 Å². The van der Waals surface area contributed by atoms with Crippen molar-refractivity contribution in [3.05, 3.63) is 89.6 Å². The molecule has 2 aromatic carbocycles. The number of aromatic nitrogens is 1. The number of hydrogen-bond acceptors (Lipinski definition) is 3. The Morgan fingerprint density at radius 2 is 1.82 bits per heavy atom. The van der Waals surface area contributed by atoms with Crippen LogP contribution in [-0.4, -0.2) is 47.4 Å². The highest BCUT2D eigenvalue weighted by atomic mass is 16.2. The van der Waals surface area contributed by atoms with Crippen LogP contribution in [0.1, 0.15) is 27.5 Å². The summed E-state index contributed by atoms with van der Waals surface area (Å²) in [6.45, 7) is 4.49. The highest BCUT2D eigenvalue weighted by molar-refractivity contribution is 5.95. The predicted octanol–water partition coefficient (Wildman–Crippen LogP) is 4.19. The van der Waals surface area contributed by atoms with Crippen LogP contribution in [0, 0.1) is 6.92 Å². The Morgan fingerprint density at radius 1 is 1.00 bits per heavy atom. The molecule has 0 radical (unpaired) electrons. The Kier molecular flexibility index (Phi) is 5.22. The first-order valence-electron chi connectivity index (χ1n) is 9.70. The lowest BCUT2D eigenvalue weighted by Crippen LogP contribution is -2.49. The quantitative estimate of drug-likeness (QED) is 0.693. The number of hydrogen-bond donors (Lipinski definition) is 0. The molecule has 0 bridgehead atoms. The average Bonchev–Trinajstić information content (AvgIpc) is 2.74. The number of aryl methyl sites for hydroxylation is 1. The molecule has 1 saturated heterocycles. The second kappa shape index (κ2) is 7.95. The standard InChI is InChI=1S/C24H25N3O/c1-18-8-7-13-25-23(18)20-11-6-12-21(16-20)24(28)27-15-14-26(2)17-22(27)19-9-4-3-5-10-19/h3-13,16,22H,14-15,17H2,1-2H3/t22-/m1/s1. The van der Waals surface area contributed by atoms with Crippen LogP contribution in [0.3, 0.4) is 0 Å². The molecule has 1 amide bonds. The minimum absolute atomic E-state index is 0.0627. The number of carbonyl (C=O) groups is 1. The van der Waals surface area contributed by atoms with Gasteiger partial charge >= 0.3 is 0 Å². The Morgan fingerprint density at radius 3 is 2.61 bits per heavy atom. The number of nitrogens with zero attached hydrogens (tertiary/aromatic N) is 3. The molecule has 4 heteroatoms. The zero-order chi connectivity index (χ0) is 19.5. The van der Waals surface area contributed by atoms with Gasteiger partial charge in [-0.2, -0.15) is 0 Å². The van der Waals surface area contributed by atoms with Crippen LogP contribution in [0.4, 0.5) is 0 Å². The molecule has 0 aliphatic carbocycles.